The Hall–Kier alpha value is -1.40. The van der Waals surface area contributed by atoms with Crippen LogP contribution in [0.4, 0.5) is 5.69 Å². The maximum atomic E-state index is 10.9. The highest BCUT2D eigenvalue weighted by molar-refractivity contribution is 14.1. The molecule has 1 atom stereocenters. The maximum absolute atomic E-state index is 10.9. The molecule has 0 radical (unpaired) electrons. The molecule has 0 fully saturated rings. The van der Waals surface area contributed by atoms with Gasteiger partial charge < -0.3 is 10.8 Å². The first-order valence-corrected chi connectivity index (χ1v) is 6.63. The summed E-state index contributed by atoms with van der Waals surface area (Å²) < 4.78 is 1.05. The molecule has 3 N–H and O–H groups in total. The number of rotatable bonds is 1. The molecule has 0 saturated carbocycles. The summed E-state index contributed by atoms with van der Waals surface area (Å²) in [6.07, 6.45) is 0. The van der Waals surface area contributed by atoms with Crippen LogP contribution in [0.1, 0.15) is 11.1 Å². The van der Waals surface area contributed by atoms with E-state index in [4.69, 9.17) is 5.73 Å². The average Bonchev–Trinajstić information content (AvgIpc) is 2.64. The van der Waals surface area contributed by atoms with Crippen LogP contribution in [-0.2, 0) is 5.60 Å². The van der Waals surface area contributed by atoms with Crippen LogP contribution in [0.25, 0.3) is 0 Å². The van der Waals surface area contributed by atoms with Gasteiger partial charge in [-0.1, -0.05) is 30.3 Å². The summed E-state index contributed by atoms with van der Waals surface area (Å²) in [6.45, 7) is 0. The van der Waals surface area contributed by atoms with Gasteiger partial charge in [0.15, 0.2) is 5.60 Å². The van der Waals surface area contributed by atoms with Crippen LogP contribution in [0.5, 0.6) is 0 Å². The molecule has 2 aromatic rings. The lowest BCUT2D eigenvalue weighted by atomic mass is 9.86. The molecule has 0 spiro atoms. The van der Waals surface area contributed by atoms with Crippen LogP contribution in [0.15, 0.2) is 53.5 Å². The summed E-state index contributed by atoms with van der Waals surface area (Å²) in [5.74, 6) is 0.228. The zero-order chi connectivity index (χ0) is 12.8. The molecule has 0 saturated heterocycles. The quantitative estimate of drug-likeness (QED) is 0.777. The van der Waals surface area contributed by atoms with Crippen molar-refractivity contribution < 1.29 is 5.11 Å². The van der Waals surface area contributed by atoms with Crippen LogP contribution in [0, 0.1) is 3.57 Å². The van der Waals surface area contributed by atoms with E-state index in [1.165, 1.54) is 0 Å². The highest BCUT2D eigenvalue weighted by atomic mass is 127. The van der Waals surface area contributed by atoms with Gasteiger partial charge in [-0.05, 0) is 46.4 Å². The predicted molar refractivity (Wildman–Crippen MR) is 79.9 cm³/mol. The standard InChI is InChI=1S/C14H11IN2O/c15-10-6-7-12-11(8-10)14(18,13(16)17-12)9-4-2-1-3-5-9/h1-8,18H,(H2,16,17). The molecule has 0 aliphatic carbocycles. The number of benzene rings is 2. The van der Waals surface area contributed by atoms with Crippen LogP contribution < -0.4 is 5.73 Å². The van der Waals surface area contributed by atoms with Gasteiger partial charge in [-0.2, -0.15) is 0 Å². The first kappa shape index (κ1) is 11.7. The van der Waals surface area contributed by atoms with Crippen molar-refractivity contribution in [2.75, 3.05) is 0 Å². The molecule has 0 amide bonds. The van der Waals surface area contributed by atoms with Gasteiger partial charge in [0.2, 0.25) is 0 Å². The third-order valence-corrected chi connectivity index (χ3v) is 3.82. The van der Waals surface area contributed by atoms with Crippen molar-refractivity contribution in [2.24, 2.45) is 10.7 Å². The van der Waals surface area contributed by atoms with Crippen molar-refractivity contribution in [2.45, 2.75) is 5.60 Å². The smallest absolute Gasteiger partial charge is 0.174 e. The normalized spacial score (nSPS) is 21.6. The zero-order valence-corrected chi connectivity index (χ0v) is 11.6. The fourth-order valence-electron chi connectivity index (χ4n) is 2.23. The van der Waals surface area contributed by atoms with E-state index in [9.17, 15) is 5.11 Å². The lowest BCUT2D eigenvalue weighted by molar-refractivity contribution is 0.158. The Kier molecular flexibility index (Phi) is 2.64. The molecule has 3 rings (SSSR count). The zero-order valence-electron chi connectivity index (χ0n) is 9.47. The predicted octanol–water partition coefficient (Wildman–Crippen LogP) is 2.53. The fraction of sp³-hybridized carbons (Fsp3) is 0.0714. The van der Waals surface area contributed by atoms with E-state index in [0.29, 0.717) is 0 Å². The third kappa shape index (κ3) is 1.56. The molecule has 0 aromatic heterocycles. The van der Waals surface area contributed by atoms with Crippen molar-refractivity contribution in [3.63, 3.8) is 0 Å². The number of aliphatic imine (C=N–C) groups is 1. The monoisotopic (exact) mass is 350 g/mol. The van der Waals surface area contributed by atoms with Crippen molar-refractivity contribution in [1.29, 1.82) is 0 Å². The number of hydrogen-bond acceptors (Lipinski definition) is 3. The van der Waals surface area contributed by atoms with Crippen LogP contribution in [0.3, 0.4) is 0 Å². The SMILES string of the molecule is NC1=Nc2ccc(I)cc2C1(O)c1ccccc1. The molecule has 3 nitrogen and oxygen atoms in total. The molecule has 4 heteroatoms. The van der Waals surface area contributed by atoms with Crippen LogP contribution >= 0.6 is 22.6 Å². The minimum Gasteiger partial charge on any atom is -0.384 e. The number of nitrogens with zero attached hydrogens (tertiary/aromatic N) is 1. The topological polar surface area (TPSA) is 58.6 Å². The lowest BCUT2D eigenvalue weighted by Gasteiger charge is -2.24. The highest BCUT2D eigenvalue weighted by Crippen LogP contribution is 2.42. The van der Waals surface area contributed by atoms with Gasteiger partial charge in [-0.3, -0.25) is 0 Å². The molecular weight excluding hydrogens is 339 g/mol. The summed E-state index contributed by atoms with van der Waals surface area (Å²) >= 11 is 2.21. The van der Waals surface area contributed by atoms with E-state index in [0.717, 1.165) is 20.4 Å². The Morgan fingerprint density at radius 2 is 1.83 bits per heavy atom. The first-order chi connectivity index (χ1) is 8.62. The molecule has 18 heavy (non-hydrogen) atoms. The Bertz CT molecular complexity index is 639. The molecule has 1 heterocycles. The minimum atomic E-state index is -1.31. The van der Waals surface area contributed by atoms with E-state index in [1.54, 1.807) is 0 Å². The minimum absolute atomic E-state index is 0.228. The van der Waals surface area contributed by atoms with E-state index in [-0.39, 0.29) is 5.84 Å². The van der Waals surface area contributed by atoms with Gasteiger partial charge in [-0.25, -0.2) is 4.99 Å². The van der Waals surface area contributed by atoms with Crippen molar-refractivity contribution >= 4 is 34.1 Å². The summed E-state index contributed by atoms with van der Waals surface area (Å²) in [5, 5.41) is 10.9. The molecule has 90 valence electrons. The molecular formula is C14H11IN2O. The van der Waals surface area contributed by atoms with Gasteiger partial charge in [-0.15, -0.1) is 0 Å². The van der Waals surface area contributed by atoms with Crippen LogP contribution in [0.2, 0.25) is 0 Å². The summed E-state index contributed by atoms with van der Waals surface area (Å²) in [5.41, 5.74) is 6.86. The number of halogens is 1. The van der Waals surface area contributed by atoms with Crippen LogP contribution in [-0.4, -0.2) is 10.9 Å². The fourth-order valence-corrected chi connectivity index (χ4v) is 2.72. The number of hydrogen-bond donors (Lipinski definition) is 2. The van der Waals surface area contributed by atoms with E-state index in [2.05, 4.69) is 27.6 Å². The first-order valence-electron chi connectivity index (χ1n) is 5.55. The Morgan fingerprint density at radius 3 is 2.56 bits per heavy atom. The van der Waals surface area contributed by atoms with Crippen molar-refractivity contribution in [3.05, 3.63) is 63.2 Å². The Balaban J connectivity index is 2.26. The molecule has 0 bridgehead atoms. The summed E-state index contributed by atoms with van der Waals surface area (Å²) in [6, 6.07) is 15.1. The summed E-state index contributed by atoms with van der Waals surface area (Å²) in [7, 11) is 0. The van der Waals surface area contributed by atoms with E-state index >= 15 is 0 Å². The Morgan fingerprint density at radius 1 is 1.11 bits per heavy atom. The summed E-state index contributed by atoms with van der Waals surface area (Å²) in [4.78, 5) is 4.26. The molecule has 1 aliphatic rings. The number of fused-ring (bicyclic) bond motifs is 1. The Labute approximate surface area is 119 Å². The second kappa shape index (κ2) is 4.07. The van der Waals surface area contributed by atoms with Crippen molar-refractivity contribution in [3.8, 4) is 0 Å². The lowest BCUT2D eigenvalue weighted by Crippen LogP contribution is -2.39. The number of aliphatic hydroxyl groups is 1. The average molecular weight is 350 g/mol. The molecule has 1 aliphatic heterocycles. The third-order valence-electron chi connectivity index (χ3n) is 3.15. The van der Waals surface area contributed by atoms with E-state index in [1.807, 2.05) is 48.5 Å². The van der Waals surface area contributed by atoms with Gasteiger partial charge in [0.25, 0.3) is 0 Å². The highest BCUT2D eigenvalue weighted by Gasteiger charge is 2.42. The second-order valence-corrected chi connectivity index (χ2v) is 5.48. The van der Waals surface area contributed by atoms with Gasteiger partial charge >= 0.3 is 0 Å². The van der Waals surface area contributed by atoms with E-state index < -0.39 is 5.60 Å². The van der Waals surface area contributed by atoms with Gasteiger partial charge in [0.05, 0.1) is 5.69 Å². The largest absolute Gasteiger partial charge is 0.384 e. The maximum Gasteiger partial charge on any atom is 0.174 e. The second-order valence-electron chi connectivity index (χ2n) is 4.23. The van der Waals surface area contributed by atoms with Crippen molar-refractivity contribution in [1.82, 2.24) is 0 Å². The van der Waals surface area contributed by atoms with Gasteiger partial charge in [0, 0.05) is 9.13 Å². The van der Waals surface area contributed by atoms with Gasteiger partial charge in [0.1, 0.15) is 5.84 Å². The molecule has 2 aromatic carbocycles. The number of amidine groups is 1. The number of nitrogens with two attached hydrogens (primary N) is 1. The molecule has 1 unspecified atom stereocenters.